The molecule has 0 heterocycles. The molecule has 0 bridgehead atoms. The first-order valence-electron chi connectivity index (χ1n) is 8.84. The molecule has 1 unspecified atom stereocenters. The fraction of sp³-hybridized carbons (Fsp3) is 0.217. The Morgan fingerprint density at radius 1 is 1.00 bits per heavy atom. The number of allylic oxidation sites excluding steroid dienone is 5. The van der Waals surface area contributed by atoms with Crippen LogP contribution in [0.15, 0.2) is 66.8 Å². The molecule has 1 heteroatoms. The molecule has 0 aliphatic heterocycles. The van der Waals surface area contributed by atoms with Gasteiger partial charge in [-0.1, -0.05) is 61.6 Å². The van der Waals surface area contributed by atoms with Gasteiger partial charge in [-0.05, 0) is 65.6 Å². The van der Waals surface area contributed by atoms with Crippen molar-refractivity contribution in [1.29, 1.82) is 0 Å². The van der Waals surface area contributed by atoms with Crippen LogP contribution in [0.1, 0.15) is 48.8 Å². The quantitative estimate of drug-likeness (QED) is 0.666. The number of nitrogens with one attached hydrogen (secondary N) is 1. The Morgan fingerprint density at radius 2 is 1.88 bits per heavy atom. The second-order valence-electron chi connectivity index (χ2n) is 6.71. The van der Waals surface area contributed by atoms with Crippen molar-refractivity contribution in [3.63, 3.8) is 0 Å². The minimum atomic E-state index is 0.562. The third-order valence-corrected chi connectivity index (χ3v) is 4.97. The number of fused-ring (bicyclic) bond motifs is 1. The molecule has 2 aliphatic rings. The fourth-order valence-electron chi connectivity index (χ4n) is 3.67. The zero-order valence-corrected chi connectivity index (χ0v) is 14.1. The Morgan fingerprint density at radius 3 is 2.67 bits per heavy atom. The van der Waals surface area contributed by atoms with Gasteiger partial charge in [0.25, 0.3) is 0 Å². The summed E-state index contributed by atoms with van der Waals surface area (Å²) in [5, 5.41) is 3.63. The van der Waals surface area contributed by atoms with Crippen molar-refractivity contribution < 1.29 is 0 Å². The number of hydrogen-bond acceptors (Lipinski definition) is 1. The van der Waals surface area contributed by atoms with Gasteiger partial charge in [-0.3, -0.25) is 0 Å². The van der Waals surface area contributed by atoms with Crippen molar-refractivity contribution in [2.24, 2.45) is 0 Å². The molecule has 0 aromatic heterocycles. The molecule has 24 heavy (non-hydrogen) atoms. The van der Waals surface area contributed by atoms with Crippen LogP contribution in [0.4, 0.5) is 11.4 Å². The molecule has 2 aromatic carbocycles. The van der Waals surface area contributed by atoms with Crippen LogP contribution in [0, 0.1) is 0 Å². The number of rotatable bonds is 3. The average molecular weight is 313 g/mol. The number of anilines is 2. The SMILES string of the molecule is CC1CC=Cc2cccc(Nc3ccc(C4=CC=CCC4)cc3)c21. The van der Waals surface area contributed by atoms with Gasteiger partial charge in [0.1, 0.15) is 0 Å². The minimum Gasteiger partial charge on any atom is -0.355 e. The first kappa shape index (κ1) is 15.0. The van der Waals surface area contributed by atoms with E-state index in [0.29, 0.717) is 5.92 Å². The zero-order chi connectivity index (χ0) is 16.4. The molecule has 0 radical (unpaired) electrons. The van der Waals surface area contributed by atoms with Crippen molar-refractivity contribution in [1.82, 2.24) is 0 Å². The lowest BCUT2D eigenvalue weighted by atomic mass is 9.87. The standard InChI is InChI=1S/C23H23N/c1-17-7-5-10-20-11-6-12-22(23(17)20)24-21-15-13-19(14-16-21)18-8-3-2-4-9-18/h2-3,5-6,8,10-17,24H,4,7,9H2,1H3. The number of benzene rings is 2. The first-order valence-corrected chi connectivity index (χ1v) is 8.84. The molecule has 0 amide bonds. The van der Waals surface area contributed by atoms with Gasteiger partial charge in [-0.15, -0.1) is 0 Å². The van der Waals surface area contributed by atoms with E-state index in [9.17, 15) is 0 Å². The molecule has 0 saturated carbocycles. The van der Waals surface area contributed by atoms with Crippen molar-refractivity contribution in [2.45, 2.75) is 32.1 Å². The van der Waals surface area contributed by atoms with Gasteiger partial charge in [0.15, 0.2) is 0 Å². The predicted molar refractivity (Wildman–Crippen MR) is 105 cm³/mol. The van der Waals surface area contributed by atoms with E-state index in [1.165, 1.54) is 28.0 Å². The lowest BCUT2D eigenvalue weighted by Gasteiger charge is -2.22. The summed E-state index contributed by atoms with van der Waals surface area (Å²) in [5.74, 6) is 0.562. The molecule has 0 spiro atoms. The van der Waals surface area contributed by atoms with Crippen LogP contribution in [0.3, 0.4) is 0 Å². The summed E-state index contributed by atoms with van der Waals surface area (Å²) < 4.78 is 0. The third kappa shape index (κ3) is 2.94. The van der Waals surface area contributed by atoms with Gasteiger partial charge in [-0.2, -0.15) is 0 Å². The lowest BCUT2D eigenvalue weighted by Crippen LogP contribution is -2.04. The minimum absolute atomic E-state index is 0.562. The Balaban J connectivity index is 1.59. The largest absolute Gasteiger partial charge is 0.355 e. The summed E-state index contributed by atoms with van der Waals surface area (Å²) in [4.78, 5) is 0. The number of hydrogen-bond donors (Lipinski definition) is 1. The van der Waals surface area contributed by atoms with E-state index in [-0.39, 0.29) is 0 Å². The van der Waals surface area contributed by atoms with Crippen LogP contribution in [-0.2, 0) is 0 Å². The average Bonchev–Trinajstić information content (AvgIpc) is 2.63. The highest BCUT2D eigenvalue weighted by molar-refractivity contribution is 5.74. The van der Waals surface area contributed by atoms with Gasteiger partial charge in [0.05, 0.1) is 0 Å². The molecule has 1 nitrogen and oxygen atoms in total. The summed E-state index contributed by atoms with van der Waals surface area (Å²) in [7, 11) is 0. The maximum atomic E-state index is 3.63. The zero-order valence-electron chi connectivity index (χ0n) is 14.1. The van der Waals surface area contributed by atoms with Crippen LogP contribution in [0.5, 0.6) is 0 Å². The van der Waals surface area contributed by atoms with Crippen molar-refractivity contribution in [3.8, 4) is 0 Å². The van der Waals surface area contributed by atoms with Crippen LogP contribution in [-0.4, -0.2) is 0 Å². The predicted octanol–water partition coefficient (Wildman–Crippen LogP) is 6.68. The van der Waals surface area contributed by atoms with Gasteiger partial charge in [0, 0.05) is 11.4 Å². The van der Waals surface area contributed by atoms with Crippen molar-refractivity contribution in [2.75, 3.05) is 5.32 Å². The van der Waals surface area contributed by atoms with Crippen LogP contribution >= 0.6 is 0 Å². The molecule has 120 valence electrons. The van der Waals surface area contributed by atoms with E-state index in [0.717, 1.165) is 24.9 Å². The Kier molecular flexibility index (Phi) is 4.08. The second kappa shape index (κ2) is 6.52. The van der Waals surface area contributed by atoms with E-state index >= 15 is 0 Å². The summed E-state index contributed by atoms with van der Waals surface area (Å²) in [6.45, 7) is 2.31. The van der Waals surface area contributed by atoms with Gasteiger partial charge < -0.3 is 5.32 Å². The Labute approximate surface area is 144 Å². The fourth-order valence-corrected chi connectivity index (χ4v) is 3.67. The molecule has 1 atom stereocenters. The van der Waals surface area contributed by atoms with Crippen molar-refractivity contribution >= 4 is 23.0 Å². The smallest absolute Gasteiger partial charge is 0.0425 e. The van der Waals surface area contributed by atoms with Gasteiger partial charge >= 0.3 is 0 Å². The molecular formula is C23H23N. The van der Waals surface area contributed by atoms with Crippen LogP contribution in [0.25, 0.3) is 11.6 Å². The third-order valence-electron chi connectivity index (χ3n) is 4.97. The van der Waals surface area contributed by atoms with E-state index < -0.39 is 0 Å². The van der Waals surface area contributed by atoms with Gasteiger partial charge in [0.2, 0.25) is 0 Å². The highest BCUT2D eigenvalue weighted by atomic mass is 14.9. The highest BCUT2D eigenvalue weighted by Crippen LogP contribution is 2.36. The first-order chi connectivity index (χ1) is 11.8. The molecule has 1 N–H and O–H groups in total. The van der Waals surface area contributed by atoms with E-state index in [1.807, 2.05) is 0 Å². The maximum Gasteiger partial charge on any atom is 0.0425 e. The molecule has 0 saturated heterocycles. The molecular weight excluding hydrogens is 290 g/mol. The summed E-state index contributed by atoms with van der Waals surface area (Å²) in [6.07, 6.45) is 14.5. The van der Waals surface area contributed by atoms with Crippen molar-refractivity contribution in [3.05, 3.63) is 83.5 Å². The van der Waals surface area contributed by atoms with Crippen LogP contribution in [0.2, 0.25) is 0 Å². The van der Waals surface area contributed by atoms with Crippen LogP contribution < -0.4 is 5.32 Å². The molecule has 0 fully saturated rings. The molecule has 2 aliphatic carbocycles. The second-order valence-corrected chi connectivity index (χ2v) is 6.71. The maximum absolute atomic E-state index is 3.63. The topological polar surface area (TPSA) is 12.0 Å². The highest BCUT2D eigenvalue weighted by Gasteiger charge is 2.16. The molecule has 4 rings (SSSR count). The summed E-state index contributed by atoms with van der Waals surface area (Å²) in [6, 6.07) is 15.4. The van der Waals surface area contributed by atoms with E-state index in [4.69, 9.17) is 0 Å². The van der Waals surface area contributed by atoms with E-state index in [2.05, 4.69) is 85.1 Å². The van der Waals surface area contributed by atoms with Gasteiger partial charge in [-0.25, -0.2) is 0 Å². The monoisotopic (exact) mass is 313 g/mol. The normalized spacial score (nSPS) is 18.9. The lowest BCUT2D eigenvalue weighted by molar-refractivity contribution is 0.774. The van der Waals surface area contributed by atoms with E-state index in [1.54, 1.807) is 0 Å². The summed E-state index contributed by atoms with van der Waals surface area (Å²) >= 11 is 0. The molecule has 2 aromatic rings. The Hall–Kier alpha value is -2.54. The summed E-state index contributed by atoms with van der Waals surface area (Å²) in [5.41, 5.74) is 7.92. The Bertz CT molecular complexity index is 822.